The molecule has 0 saturated heterocycles. The monoisotopic (exact) mass is 326 g/mol. The number of aromatic nitrogens is 2. The highest BCUT2D eigenvalue weighted by molar-refractivity contribution is 7.91. The molecule has 2 rings (SSSR count). The van der Waals surface area contributed by atoms with Crippen LogP contribution in [0.2, 0.25) is 0 Å². The van der Waals surface area contributed by atoms with E-state index in [9.17, 15) is 8.42 Å². The van der Waals surface area contributed by atoms with Crippen LogP contribution in [-0.4, -0.2) is 32.5 Å². The van der Waals surface area contributed by atoms with E-state index < -0.39 is 10.0 Å². The molecule has 0 amide bonds. The lowest BCUT2D eigenvalue weighted by atomic mass is 10.3. The van der Waals surface area contributed by atoms with Crippen LogP contribution in [0.25, 0.3) is 0 Å². The normalized spacial score (nSPS) is 11.6. The summed E-state index contributed by atoms with van der Waals surface area (Å²) in [5.74, 6) is 0.566. The van der Waals surface area contributed by atoms with Crippen LogP contribution in [0.4, 0.5) is 5.95 Å². The molecule has 0 fully saturated rings. The van der Waals surface area contributed by atoms with Crippen molar-refractivity contribution in [2.45, 2.75) is 24.6 Å². The number of hydrogen-bond acceptors (Lipinski definition) is 6. The molecular weight excluding hydrogens is 308 g/mol. The summed E-state index contributed by atoms with van der Waals surface area (Å²) in [6.45, 7) is 3.87. The van der Waals surface area contributed by atoms with Gasteiger partial charge in [0, 0.05) is 24.7 Å². The first-order valence-electron chi connectivity index (χ1n) is 6.36. The SMILES string of the molecule is Cc1cc(CNS(=O)(=O)c2ccc(C)s2)nc(N(C)C)n1. The molecule has 0 aliphatic rings. The van der Waals surface area contributed by atoms with Gasteiger partial charge in [0.2, 0.25) is 16.0 Å². The molecule has 0 aromatic carbocycles. The van der Waals surface area contributed by atoms with Crippen LogP contribution in [0.3, 0.4) is 0 Å². The van der Waals surface area contributed by atoms with Crippen molar-refractivity contribution in [3.8, 4) is 0 Å². The summed E-state index contributed by atoms with van der Waals surface area (Å²) in [4.78, 5) is 11.4. The Morgan fingerprint density at radius 3 is 2.52 bits per heavy atom. The van der Waals surface area contributed by atoms with Gasteiger partial charge in [0.1, 0.15) is 4.21 Å². The van der Waals surface area contributed by atoms with E-state index in [1.165, 1.54) is 11.3 Å². The first kappa shape index (κ1) is 15.9. The highest BCUT2D eigenvalue weighted by Crippen LogP contribution is 2.20. The molecule has 0 bridgehead atoms. The molecule has 2 aromatic heterocycles. The van der Waals surface area contributed by atoms with Crippen LogP contribution < -0.4 is 9.62 Å². The van der Waals surface area contributed by atoms with Gasteiger partial charge in [-0.2, -0.15) is 0 Å². The Morgan fingerprint density at radius 1 is 1.24 bits per heavy atom. The second kappa shape index (κ2) is 6.08. The quantitative estimate of drug-likeness (QED) is 0.905. The minimum absolute atomic E-state index is 0.142. The van der Waals surface area contributed by atoms with E-state index in [1.54, 1.807) is 23.1 Å². The van der Waals surface area contributed by atoms with Gasteiger partial charge in [0.15, 0.2) is 0 Å². The number of rotatable bonds is 5. The Kier molecular flexibility index (Phi) is 4.60. The highest BCUT2D eigenvalue weighted by atomic mass is 32.2. The molecule has 2 aromatic rings. The van der Waals surface area contributed by atoms with E-state index in [2.05, 4.69) is 14.7 Å². The summed E-state index contributed by atoms with van der Waals surface area (Å²) in [5, 5.41) is 0. The second-order valence-corrected chi connectivity index (χ2v) is 8.17. The molecule has 8 heteroatoms. The molecule has 21 heavy (non-hydrogen) atoms. The Balaban J connectivity index is 2.16. The van der Waals surface area contributed by atoms with Gasteiger partial charge in [0.25, 0.3) is 0 Å². The molecule has 114 valence electrons. The minimum atomic E-state index is -3.49. The number of thiophene rings is 1. The molecule has 0 saturated carbocycles. The summed E-state index contributed by atoms with van der Waals surface area (Å²) >= 11 is 1.25. The maximum Gasteiger partial charge on any atom is 0.250 e. The fourth-order valence-electron chi connectivity index (χ4n) is 1.70. The zero-order valence-corrected chi connectivity index (χ0v) is 14.0. The molecule has 0 unspecified atom stereocenters. The van der Waals surface area contributed by atoms with Crippen LogP contribution in [0.5, 0.6) is 0 Å². The van der Waals surface area contributed by atoms with Crippen molar-refractivity contribution in [3.05, 3.63) is 34.5 Å². The maximum absolute atomic E-state index is 12.2. The van der Waals surface area contributed by atoms with E-state index in [0.29, 0.717) is 15.9 Å². The second-order valence-electron chi connectivity index (χ2n) is 4.88. The number of nitrogens with one attached hydrogen (secondary N) is 1. The molecule has 2 heterocycles. The Morgan fingerprint density at radius 2 is 1.95 bits per heavy atom. The average Bonchev–Trinajstić information content (AvgIpc) is 2.83. The average molecular weight is 326 g/mol. The summed E-state index contributed by atoms with van der Waals surface area (Å²) in [5.41, 5.74) is 1.44. The van der Waals surface area contributed by atoms with Crippen molar-refractivity contribution in [2.24, 2.45) is 0 Å². The largest absolute Gasteiger partial charge is 0.347 e. The first-order chi connectivity index (χ1) is 9.78. The van der Waals surface area contributed by atoms with E-state index in [-0.39, 0.29) is 6.54 Å². The van der Waals surface area contributed by atoms with Crippen LogP contribution in [0, 0.1) is 13.8 Å². The third-order valence-corrected chi connectivity index (χ3v) is 5.61. The molecule has 6 nitrogen and oxygen atoms in total. The van der Waals surface area contributed by atoms with Crippen LogP contribution in [-0.2, 0) is 16.6 Å². The van der Waals surface area contributed by atoms with Crippen molar-refractivity contribution < 1.29 is 8.42 Å². The van der Waals surface area contributed by atoms with Crippen LogP contribution >= 0.6 is 11.3 Å². The summed E-state index contributed by atoms with van der Waals surface area (Å²) in [6, 6.07) is 5.17. The van der Waals surface area contributed by atoms with Gasteiger partial charge < -0.3 is 4.90 Å². The topological polar surface area (TPSA) is 75.2 Å². The van der Waals surface area contributed by atoms with Crippen molar-refractivity contribution in [1.29, 1.82) is 0 Å². The molecule has 0 radical (unpaired) electrons. The van der Waals surface area contributed by atoms with E-state index in [4.69, 9.17) is 0 Å². The fraction of sp³-hybridized carbons (Fsp3) is 0.385. The summed E-state index contributed by atoms with van der Waals surface area (Å²) < 4.78 is 27.2. The smallest absolute Gasteiger partial charge is 0.250 e. The Labute approximate surface area is 128 Å². The van der Waals surface area contributed by atoms with Gasteiger partial charge in [-0.05, 0) is 32.0 Å². The molecule has 0 aliphatic heterocycles. The van der Waals surface area contributed by atoms with E-state index in [0.717, 1.165) is 10.6 Å². The zero-order chi connectivity index (χ0) is 15.6. The standard InChI is InChI=1S/C13H18N4O2S2/c1-9-7-11(16-13(15-9)17(3)4)8-14-21(18,19)12-6-5-10(2)20-12/h5-7,14H,8H2,1-4H3. The predicted octanol–water partition coefficient (Wildman–Crippen LogP) is 1.70. The number of anilines is 1. The van der Waals surface area contributed by atoms with Crippen molar-refractivity contribution in [3.63, 3.8) is 0 Å². The van der Waals surface area contributed by atoms with Gasteiger partial charge in [-0.25, -0.2) is 23.1 Å². The van der Waals surface area contributed by atoms with Gasteiger partial charge in [-0.1, -0.05) is 0 Å². The molecule has 0 atom stereocenters. The predicted molar refractivity (Wildman–Crippen MR) is 84.2 cm³/mol. The van der Waals surface area contributed by atoms with Crippen molar-refractivity contribution in [1.82, 2.24) is 14.7 Å². The van der Waals surface area contributed by atoms with Gasteiger partial charge in [-0.15, -0.1) is 11.3 Å². The lowest BCUT2D eigenvalue weighted by Gasteiger charge is -2.12. The van der Waals surface area contributed by atoms with Gasteiger partial charge in [0.05, 0.1) is 12.2 Å². The third kappa shape index (κ3) is 3.99. The Bertz CT molecular complexity index is 738. The zero-order valence-electron chi connectivity index (χ0n) is 12.4. The van der Waals surface area contributed by atoms with Crippen molar-refractivity contribution in [2.75, 3.05) is 19.0 Å². The lowest BCUT2D eigenvalue weighted by Crippen LogP contribution is -2.24. The molecular formula is C13H18N4O2S2. The molecule has 1 N–H and O–H groups in total. The van der Waals surface area contributed by atoms with Gasteiger partial charge >= 0.3 is 0 Å². The van der Waals surface area contributed by atoms with Gasteiger partial charge in [-0.3, -0.25) is 0 Å². The summed E-state index contributed by atoms with van der Waals surface area (Å²) in [7, 11) is 0.200. The Hall–Kier alpha value is -1.51. The fourth-order valence-corrected chi connectivity index (χ4v) is 4.03. The van der Waals surface area contributed by atoms with E-state index in [1.807, 2.05) is 27.9 Å². The number of nitrogens with zero attached hydrogens (tertiary/aromatic N) is 3. The van der Waals surface area contributed by atoms with E-state index >= 15 is 0 Å². The number of aryl methyl sites for hydroxylation is 2. The molecule has 0 aliphatic carbocycles. The summed E-state index contributed by atoms with van der Waals surface area (Å²) in [6.07, 6.45) is 0. The maximum atomic E-state index is 12.2. The number of hydrogen-bond donors (Lipinski definition) is 1. The van der Waals surface area contributed by atoms with Crippen molar-refractivity contribution >= 4 is 27.3 Å². The third-order valence-electron chi connectivity index (χ3n) is 2.72. The van der Waals surface area contributed by atoms with Crippen LogP contribution in [0.1, 0.15) is 16.3 Å². The minimum Gasteiger partial charge on any atom is -0.347 e. The highest BCUT2D eigenvalue weighted by Gasteiger charge is 2.16. The molecule has 0 spiro atoms. The number of sulfonamides is 1. The van der Waals surface area contributed by atoms with Crippen LogP contribution in [0.15, 0.2) is 22.4 Å². The first-order valence-corrected chi connectivity index (χ1v) is 8.66. The lowest BCUT2D eigenvalue weighted by molar-refractivity contribution is 0.582.